The molecule has 0 aliphatic carbocycles. The molecule has 2 aromatic rings. The van der Waals surface area contributed by atoms with Crippen LogP contribution in [0.25, 0.3) is 0 Å². The molecule has 3 nitrogen and oxygen atoms in total. The summed E-state index contributed by atoms with van der Waals surface area (Å²) in [6, 6.07) is 12.0. The van der Waals surface area contributed by atoms with E-state index in [1.807, 2.05) is 19.1 Å². The van der Waals surface area contributed by atoms with Crippen molar-refractivity contribution < 1.29 is 13.9 Å². The highest BCUT2D eigenvalue weighted by Gasteiger charge is 2.17. The minimum Gasteiger partial charge on any atom is -0.481 e. The number of benzene rings is 2. The summed E-state index contributed by atoms with van der Waals surface area (Å²) in [5.41, 5.74) is 2.26. The van der Waals surface area contributed by atoms with Crippen LogP contribution in [0.2, 0.25) is 0 Å². The third-order valence-electron chi connectivity index (χ3n) is 3.68. The second kappa shape index (κ2) is 7.27. The Morgan fingerprint density at radius 1 is 1.13 bits per heavy atom. The standard InChI is InChI=1S/C19H22FNO2/c1-12(2)15-10-9-13(3)18(11-15)23-14(4)19(22)21-17-8-6-5-7-16(17)20/h5-12,14H,1-4H3,(H,21,22). The summed E-state index contributed by atoms with van der Waals surface area (Å²) in [6.45, 7) is 7.78. The zero-order valence-corrected chi connectivity index (χ0v) is 13.9. The predicted molar refractivity (Wildman–Crippen MR) is 90.4 cm³/mol. The lowest BCUT2D eigenvalue weighted by atomic mass is 10.0. The van der Waals surface area contributed by atoms with E-state index in [9.17, 15) is 9.18 Å². The number of halogens is 1. The van der Waals surface area contributed by atoms with Crippen molar-refractivity contribution in [1.82, 2.24) is 0 Å². The fraction of sp³-hybridized carbons (Fsp3) is 0.316. The number of rotatable bonds is 5. The first-order chi connectivity index (χ1) is 10.9. The van der Waals surface area contributed by atoms with Crippen LogP contribution in [0, 0.1) is 12.7 Å². The topological polar surface area (TPSA) is 38.3 Å². The molecule has 0 aliphatic rings. The molecule has 1 atom stereocenters. The summed E-state index contributed by atoms with van der Waals surface area (Å²) in [4.78, 5) is 12.2. The van der Waals surface area contributed by atoms with E-state index in [0.29, 0.717) is 11.7 Å². The first-order valence-corrected chi connectivity index (χ1v) is 7.71. The number of aryl methyl sites for hydroxylation is 1. The van der Waals surface area contributed by atoms with E-state index in [-0.39, 0.29) is 11.6 Å². The van der Waals surface area contributed by atoms with Gasteiger partial charge in [0.15, 0.2) is 6.10 Å². The molecule has 1 unspecified atom stereocenters. The van der Waals surface area contributed by atoms with Crippen LogP contribution in [-0.4, -0.2) is 12.0 Å². The molecule has 0 spiro atoms. The van der Waals surface area contributed by atoms with E-state index in [1.54, 1.807) is 19.1 Å². The van der Waals surface area contributed by atoms with Gasteiger partial charge in [-0.15, -0.1) is 0 Å². The Hall–Kier alpha value is -2.36. The average molecular weight is 315 g/mol. The van der Waals surface area contributed by atoms with Crippen LogP contribution in [0.3, 0.4) is 0 Å². The molecular formula is C19H22FNO2. The highest BCUT2D eigenvalue weighted by molar-refractivity contribution is 5.94. The molecule has 122 valence electrons. The van der Waals surface area contributed by atoms with Crippen LogP contribution in [0.5, 0.6) is 5.75 Å². The Balaban J connectivity index is 2.09. The Labute approximate surface area is 136 Å². The number of nitrogens with one attached hydrogen (secondary N) is 1. The SMILES string of the molecule is Cc1ccc(C(C)C)cc1OC(C)C(=O)Nc1ccccc1F. The maximum Gasteiger partial charge on any atom is 0.265 e. The van der Waals surface area contributed by atoms with Gasteiger partial charge in [0, 0.05) is 0 Å². The van der Waals surface area contributed by atoms with E-state index in [0.717, 1.165) is 11.1 Å². The monoisotopic (exact) mass is 315 g/mol. The second-order valence-electron chi connectivity index (χ2n) is 5.91. The number of anilines is 1. The zero-order valence-electron chi connectivity index (χ0n) is 13.9. The lowest BCUT2D eigenvalue weighted by Gasteiger charge is -2.18. The minimum atomic E-state index is -0.726. The molecule has 2 rings (SSSR count). The van der Waals surface area contributed by atoms with Gasteiger partial charge in [-0.2, -0.15) is 0 Å². The highest BCUT2D eigenvalue weighted by Crippen LogP contribution is 2.25. The van der Waals surface area contributed by atoms with Crippen molar-refractivity contribution in [3.05, 3.63) is 59.4 Å². The fourth-order valence-electron chi connectivity index (χ4n) is 2.14. The number of hydrogen-bond donors (Lipinski definition) is 1. The predicted octanol–water partition coefficient (Wildman–Crippen LogP) is 4.66. The summed E-state index contributed by atoms with van der Waals surface area (Å²) in [7, 11) is 0. The van der Waals surface area contributed by atoms with Crippen LogP contribution >= 0.6 is 0 Å². The molecule has 0 bridgehead atoms. The number of carbonyl (C=O) groups is 1. The number of carbonyl (C=O) groups excluding carboxylic acids is 1. The third kappa shape index (κ3) is 4.31. The summed E-state index contributed by atoms with van der Waals surface area (Å²) in [6.07, 6.45) is -0.726. The van der Waals surface area contributed by atoms with Crippen molar-refractivity contribution in [3.8, 4) is 5.75 Å². The molecule has 0 aromatic heterocycles. The molecular weight excluding hydrogens is 293 g/mol. The Bertz CT molecular complexity index is 698. The smallest absolute Gasteiger partial charge is 0.265 e. The first kappa shape index (κ1) is 17.0. The second-order valence-corrected chi connectivity index (χ2v) is 5.91. The zero-order chi connectivity index (χ0) is 17.0. The van der Waals surface area contributed by atoms with Crippen molar-refractivity contribution in [3.63, 3.8) is 0 Å². The van der Waals surface area contributed by atoms with E-state index >= 15 is 0 Å². The number of amides is 1. The molecule has 1 N–H and O–H groups in total. The molecule has 2 aromatic carbocycles. The fourth-order valence-corrected chi connectivity index (χ4v) is 2.14. The van der Waals surface area contributed by atoms with E-state index in [1.165, 1.54) is 12.1 Å². The van der Waals surface area contributed by atoms with Gasteiger partial charge in [-0.25, -0.2) is 4.39 Å². The van der Waals surface area contributed by atoms with Crippen molar-refractivity contribution in [2.75, 3.05) is 5.32 Å². The van der Waals surface area contributed by atoms with Gasteiger partial charge < -0.3 is 10.1 Å². The maximum absolute atomic E-state index is 13.6. The third-order valence-corrected chi connectivity index (χ3v) is 3.68. The molecule has 4 heteroatoms. The van der Waals surface area contributed by atoms with Crippen LogP contribution in [0.1, 0.15) is 37.8 Å². The van der Waals surface area contributed by atoms with Crippen molar-refractivity contribution in [2.24, 2.45) is 0 Å². The van der Waals surface area contributed by atoms with Gasteiger partial charge in [0.1, 0.15) is 11.6 Å². The van der Waals surface area contributed by atoms with Crippen LogP contribution in [-0.2, 0) is 4.79 Å². The summed E-state index contributed by atoms with van der Waals surface area (Å²) in [5.74, 6) is 0.198. The first-order valence-electron chi connectivity index (χ1n) is 7.71. The van der Waals surface area contributed by atoms with Crippen LogP contribution in [0.15, 0.2) is 42.5 Å². The number of hydrogen-bond acceptors (Lipinski definition) is 2. The van der Waals surface area contributed by atoms with Crippen molar-refractivity contribution >= 4 is 11.6 Å². The normalized spacial score (nSPS) is 12.1. The van der Waals surface area contributed by atoms with Crippen molar-refractivity contribution in [1.29, 1.82) is 0 Å². The van der Waals surface area contributed by atoms with Crippen LogP contribution in [0.4, 0.5) is 10.1 Å². The highest BCUT2D eigenvalue weighted by atomic mass is 19.1. The van der Waals surface area contributed by atoms with Gasteiger partial charge in [0.2, 0.25) is 0 Å². The Kier molecular flexibility index (Phi) is 5.37. The molecule has 0 aliphatic heterocycles. The molecule has 1 amide bonds. The Morgan fingerprint density at radius 3 is 2.48 bits per heavy atom. The number of ether oxygens (including phenoxy) is 1. The summed E-state index contributed by atoms with van der Waals surface area (Å²) < 4.78 is 19.4. The van der Waals surface area contributed by atoms with Gasteiger partial charge in [-0.1, -0.05) is 38.1 Å². The quantitative estimate of drug-likeness (QED) is 0.871. The molecule has 0 fully saturated rings. The summed E-state index contributed by atoms with van der Waals surface area (Å²) in [5, 5.41) is 2.55. The van der Waals surface area contributed by atoms with Gasteiger partial charge >= 0.3 is 0 Å². The van der Waals surface area contributed by atoms with Gasteiger partial charge in [0.05, 0.1) is 5.69 Å². The van der Waals surface area contributed by atoms with E-state index in [2.05, 4.69) is 25.2 Å². The minimum absolute atomic E-state index is 0.153. The largest absolute Gasteiger partial charge is 0.481 e. The van der Waals surface area contributed by atoms with Gasteiger partial charge in [0.25, 0.3) is 5.91 Å². The summed E-state index contributed by atoms with van der Waals surface area (Å²) >= 11 is 0. The van der Waals surface area contributed by atoms with Gasteiger partial charge in [-0.3, -0.25) is 4.79 Å². The Morgan fingerprint density at radius 2 is 1.83 bits per heavy atom. The number of para-hydroxylation sites is 1. The van der Waals surface area contributed by atoms with Gasteiger partial charge in [-0.05, 0) is 49.1 Å². The van der Waals surface area contributed by atoms with E-state index in [4.69, 9.17) is 4.74 Å². The lowest BCUT2D eigenvalue weighted by Crippen LogP contribution is -2.30. The maximum atomic E-state index is 13.6. The molecule has 23 heavy (non-hydrogen) atoms. The molecule has 0 saturated carbocycles. The molecule has 0 radical (unpaired) electrons. The van der Waals surface area contributed by atoms with Crippen LogP contribution < -0.4 is 10.1 Å². The van der Waals surface area contributed by atoms with E-state index < -0.39 is 11.9 Å². The lowest BCUT2D eigenvalue weighted by molar-refractivity contribution is -0.122. The van der Waals surface area contributed by atoms with Crippen molar-refractivity contribution in [2.45, 2.75) is 39.7 Å². The molecule has 0 saturated heterocycles. The molecule has 0 heterocycles. The average Bonchev–Trinajstić information content (AvgIpc) is 2.51.